The second kappa shape index (κ2) is 10.1. The smallest absolute Gasteiger partial charge is 0.316 e. The molecule has 0 bridgehead atoms. The number of urea groups is 1. The van der Waals surface area contributed by atoms with Gasteiger partial charge in [-0.25, -0.2) is 4.79 Å². The van der Waals surface area contributed by atoms with Crippen LogP contribution >= 0.6 is 12.4 Å². The first-order valence-corrected chi connectivity index (χ1v) is 7.76. The predicted molar refractivity (Wildman–Crippen MR) is 93.6 cm³/mol. The fraction of sp³-hybridized carbons (Fsp3) is 0.500. The molecular formula is C16H25ClN4O2. The summed E-state index contributed by atoms with van der Waals surface area (Å²) in [6.45, 7) is 2.64. The van der Waals surface area contributed by atoms with E-state index in [0.717, 1.165) is 25.1 Å². The van der Waals surface area contributed by atoms with Crippen LogP contribution in [0.3, 0.4) is 0 Å². The molecule has 3 amide bonds. The van der Waals surface area contributed by atoms with Crippen LogP contribution < -0.4 is 21.7 Å². The van der Waals surface area contributed by atoms with E-state index in [0.29, 0.717) is 24.6 Å². The molecule has 1 fully saturated rings. The summed E-state index contributed by atoms with van der Waals surface area (Å²) < 4.78 is 0. The van der Waals surface area contributed by atoms with Crippen LogP contribution in [0.25, 0.3) is 0 Å². The molecule has 0 unspecified atom stereocenters. The molecule has 1 aromatic carbocycles. The number of rotatable bonds is 6. The Labute approximate surface area is 143 Å². The minimum Gasteiger partial charge on any atom is -0.352 e. The maximum Gasteiger partial charge on any atom is 0.316 e. The van der Waals surface area contributed by atoms with E-state index < -0.39 is 6.03 Å². The number of benzene rings is 1. The molecule has 23 heavy (non-hydrogen) atoms. The number of halogens is 1. The topological polar surface area (TPSA) is 96.2 Å². The van der Waals surface area contributed by atoms with Crippen molar-refractivity contribution < 1.29 is 9.59 Å². The highest BCUT2D eigenvalue weighted by Gasteiger charge is 2.14. The van der Waals surface area contributed by atoms with Crippen molar-refractivity contribution in [2.45, 2.75) is 32.2 Å². The maximum absolute atomic E-state index is 11.9. The Morgan fingerprint density at radius 2 is 1.83 bits per heavy atom. The number of hydrogen-bond acceptors (Lipinski definition) is 3. The molecule has 1 aliphatic rings. The molecule has 0 radical (unpaired) electrons. The standard InChI is InChI=1S/C16H24N4O2.ClH/c17-16(22)20-14-4-1-13(2-5-14)11-19-15(21)6-3-12-7-9-18-10-8-12;/h1-2,4-5,12,18H,3,6-11H2,(H,19,21)(H3,17,20,22);1H. The summed E-state index contributed by atoms with van der Waals surface area (Å²) in [5.74, 6) is 0.768. The zero-order chi connectivity index (χ0) is 15.8. The van der Waals surface area contributed by atoms with Crippen molar-refractivity contribution in [3.63, 3.8) is 0 Å². The lowest BCUT2D eigenvalue weighted by molar-refractivity contribution is -0.121. The van der Waals surface area contributed by atoms with Crippen molar-refractivity contribution in [3.8, 4) is 0 Å². The molecule has 7 heteroatoms. The number of anilines is 1. The average Bonchev–Trinajstić information content (AvgIpc) is 2.53. The summed E-state index contributed by atoms with van der Waals surface area (Å²) in [5, 5.41) is 8.76. The average molecular weight is 341 g/mol. The Morgan fingerprint density at radius 1 is 1.17 bits per heavy atom. The van der Waals surface area contributed by atoms with E-state index in [4.69, 9.17) is 5.73 Å². The van der Waals surface area contributed by atoms with Crippen molar-refractivity contribution in [2.75, 3.05) is 18.4 Å². The van der Waals surface area contributed by atoms with Crippen LogP contribution in [0, 0.1) is 5.92 Å². The van der Waals surface area contributed by atoms with Crippen molar-refractivity contribution in [3.05, 3.63) is 29.8 Å². The SMILES string of the molecule is Cl.NC(=O)Nc1ccc(CNC(=O)CCC2CCNCC2)cc1. The van der Waals surface area contributed by atoms with E-state index >= 15 is 0 Å². The summed E-state index contributed by atoms with van der Waals surface area (Å²) in [6, 6.07) is 6.66. The number of amides is 3. The third-order valence-corrected chi connectivity index (χ3v) is 3.95. The van der Waals surface area contributed by atoms with E-state index in [1.807, 2.05) is 12.1 Å². The van der Waals surface area contributed by atoms with E-state index in [9.17, 15) is 9.59 Å². The molecule has 0 spiro atoms. The summed E-state index contributed by atoms with van der Waals surface area (Å²) in [6.07, 6.45) is 3.89. The van der Waals surface area contributed by atoms with E-state index in [1.165, 1.54) is 12.8 Å². The van der Waals surface area contributed by atoms with Crippen molar-refractivity contribution >= 4 is 30.0 Å². The highest BCUT2D eigenvalue weighted by atomic mass is 35.5. The van der Waals surface area contributed by atoms with Gasteiger partial charge in [0.1, 0.15) is 0 Å². The van der Waals surface area contributed by atoms with Crippen molar-refractivity contribution in [1.82, 2.24) is 10.6 Å². The van der Waals surface area contributed by atoms with Crippen LogP contribution in [-0.4, -0.2) is 25.0 Å². The Hall–Kier alpha value is -1.79. The minimum absolute atomic E-state index is 0. The van der Waals surface area contributed by atoms with Crippen LogP contribution in [0.1, 0.15) is 31.2 Å². The highest BCUT2D eigenvalue weighted by molar-refractivity contribution is 5.87. The normalized spacial score (nSPS) is 14.6. The second-order valence-electron chi connectivity index (χ2n) is 5.69. The molecule has 0 aliphatic carbocycles. The zero-order valence-corrected chi connectivity index (χ0v) is 14.0. The van der Waals surface area contributed by atoms with Gasteiger partial charge < -0.3 is 21.7 Å². The lowest BCUT2D eigenvalue weighted by atomic mass is 9.93. The molecule has 5 N–H and O–H groups in total. The lowest BCUT2D eigenvalue weighted by Crippen LogP contribution is -2.29. The Bertz CT molecular complexity index is 501. The molecule has 1 aromatic rings. The van der Waals surface area contributed by atoms with Crippen LogP contribution in [0.4, 0.5) is 10.5 Å². The Kier molecular flexibility index (Phi) is 8.43. The maximum atomic E-state index is 11.9. The quantitative estimate of drug-likeness (QED) is 0.637. The molecular weight excluding hydrogens is 316 g/mol. The fourth-order valence-corrected chi connectivity index (χ4v) is 2.64. The molecule has 0 saturated carbocycles. The van der Waals surface area contributed by atoms with Gasteiger partial charge in [-0.2, -0.15) is 0 Å². The molecule has 6 nitrogen and oxygen atoms in total. The molecule has 0 atom stereocenters. The Morgan fingerprint density at radius 3 is 2.43 bits per heavy atom. The molecule has 1 saturated heterocycles. The van der Waals surface area contributed by atoms with E-state index in [1.54, 1.807) is 12.1 Å². The number of nitrogens with two attached hydrogens (primary N) is 1. The van der Waals surface area contributed by atoms with Crippen LogP contribution in [0.2, 0.25) is 0 Å². The number of primary amides is 1. The van der Waals surface area contributed by atoms with Crippen LogP contribution in [-0.2, 0) is 11.3 Å². The van der Waals surface area contributed by atoms with Gasteiger partial charge in [-0.15, -0.1) is 12.4 Å². The van der Waals surface area contributed by atoms with Crippen molar-refractivity contribution in [2.24, 2.45) is 11.7 Å². The number of carbonyl (C=O) groups excluding carboxylic acids is 2. The van der Waals surface area contributed by atoms with Crippen LogP contribution in [0.5, 0.6) is 0 Å². The first-order chi connectivity index (χ1) is 10.6. The number of carbonyl (C=O) groups is 2. The lowest BCUT2D eigenvalue weighted by Gasteiger charge is -2.22. The van der Waals surface area contributed by atoms with Crippen LogP contribution in [0.15, 0.2) is 24.3 Å². The molecule has 0 aromatic heterocycles. The molecule has 128 valence electrons. The first-order valence-electron chi connectivity index (χ1n) is 7.76. The zero-order valence-electron chi connectivity index (χ0n) is 13.1. The Balaban J connectivity index is 0.00000264. The van der Waals surface area contributed by atoms with E-state index in [2.05, 4.69) is 16.0 Å². The summed E-state index contributed by atoms with van der Waals surface area (Å²) in [5.41, 5.74) is 6.68. The molecule has 1 heterocycles. The van der Waals surface area contributed by atoms with Gasteiger partial charge in [-0.05, 0) is 56.0 Å². The monoisotopic (exact) mass is 340 g/mol. The molecule has 2 rings (SSSR count). The highest BCUT2D eigenvalue weighted by Crippen LogP contribution is 2.17. The van der Waals surface area contributed by atoms with Gasteiger partial charge in [0.25, 0.3) is 0 Å². The van der Waals surface area contributed by atoms with Gasteiger partial charge >= 0.3 is 6.03 Å². The van der Waals surface area contributed by atoms with Crippen molar-refractivity contribution in [1.29, 1.82) is 0 Å². The summed E-state index contributed by atoms with van der Waals surface area (Å²) >= 11 is 0. The van der Waals surface area contributed by atoms with Gasteiger partial charge in [-0.3, -0.25) is 4.79 Å². The number of hydrogen-bond donors (Lipinski definition) is 4. The fourth-order valence-electron chi connectivity index (χ4n) is 2.64. The third kappa shape index (κ3) is 7.34. The minimum atomic E-state index is -0.584. The van der Waals surface area contributed by atoms with Gasteiger partial charge in [-0.1, -0.05) is 12.1 Å². The molecule has 1 aliphatic heterocycles. The summed E-state index contributed by atoms with van der Waals surface area (Å²) in [7, 11) is 0. The third-order valence-electron chi connectivity index (χ3n) is 3.95. The van der Waals surface area contributed by atoms with Gasteiger partial charge in [0.2, 0.25) is 5.91 Å². The van der Waals surface area contributed by atoms with Gasteiger partial charge in [0.05, 0.1) is 0 Å². The van der Waals surface area contributed by atoms with Gasteiger partial charge in [0, 0.05) is 18.7 Å². The largest absolute Gasteiger partial charge is 0.352 e. The summed E-state index contributed by atoms with van der Waals surface area (Å²) in [4.78, 5) is 22.6. The number of piperidine rings is 1. The van der Waals surface area contributed by atoms with Gasteiger partial charge in [0.15, 0.2) is 0 Å². The number of nitrogens with one attached hydrogen (secondary N) is 3. The van der Waals surface area contributed by atoms with E-state index in [-0.39, 0.29) is 18.3 Å². The first kappa shape index (κ1) is 19.3. The predicted octanol–water partition coefficient (Wildman–Crippen LogP) is 1.99. The second-order valence-corrected chi connectivity index (χ2v) is 5.69.